The number of hydrogen-bond donors (Lipinski definition) is 3. The largest absolute Gasteiger partial charge is 0.363 e. The molecule has 4 rings (SSSR count). The van der Waals surface area contributed by atoms with Gasteiger partial charge in [-0.2, -0.15) is 0 Å². The Morgan fingerprint density at radius 1 is 1.28 bits per heavy atom. The smallest absolute Gasteiger partial charge is 0.126 e. The molecule has 1 aliphatic carbocycles. The first-order valence-corrected chi connectivity index (χ1v) is 10.6. The van der Waals surface area contributed by atoms with Crippen LogP contribution in [0.1, 0.15) is 38.2 Å². The Morgan fingerprint density at radius 3 is 2.83 bits per heavy atom. The van der Waals surface area contributed by atoms with Crippen LogP contribution in [-0.4, -0.2) is 47.1 Å². The second-order valence-corrected chi connectivity index (χ2v) is 8.28. The summed E-state index contributed by atoms with van der Waals surface area (Å²) >= 11 is 0. The van der Waals surface area contributed by atoms with Crippen LogP contribution in [0.25, 0.3) is 16.5 Å². The number of pyridine rings is 1. The van der Waals surface area contributed by atoms with Crippen molar-refractivity contribution in [3.05, 3.63) is 54.9 Å². The molecule has 1 aromatic carbocycles. The molecule has 0 amide bonds. The summed E-state index contributed by atoms with van der Waals surface area (Å²) in [6.45, 7) is 9.41. The maximum Gasteiger partial charge on any atom is 0.126 e. The summed E-state index contributed by atoms with van der Waals surface area (Å²) in [6, 6.07) is 8.66. The number of fused-ring (bicyclic) bond motifs is 1. The van der Waals surface area contributed by atoms with Gasteiger partial charge in [0.05, 0.1) is 11.2 Å². The third kappa shape index (κ3) is 4.71. The average molecular weight is 393 g/mol. The lowest BCUT2D eigenvalue weighted by Crippen LogP contribution is -2.39. The predicted molar refractivity (Wildman–Crippen MR) is 121 cm³/mol. The summed E-state index contributed by atoms with van der Waals surface area (Å²) in [6.07, 6.45) is 10.7. The van der Waals surface area contributed by atoms with E-state index in [0.717, 1.165) is 48.5 Å². The number of nitrogens with one attached hydrogen (secondary N) is 3. The highest BCUT2D eigenvalue weighted by molar-refractivity contribution is 5.87. The molecule has 0 radical (unpaired) electrons. The van der Waals surface area contributed by atoms with Crippen molar-refractivity contribution in [1.29, 1.82) is 0 Å². The average Bonchev–Trinajstić information content (AvgIpc) is 3.32. The van der Waals surface area contributed by atoms with E-state index in [-0.39, 0.29) is 5.54 Å². The summed E-state index contributed by atoms with van der Waals surface area (Å²) in [4.78, 5) is 7.25. The molecule has 0 spiro atoms. The minimum absolute atomic E-state index is 0.163. The lowest BCUT2D eigenvalue weighted by atomic mass is 10.1. The van der Waals surface area contributed by atoms with E-state index in [1.165, 1.54) is 24.6 Å². The van der Waals surface area contributed by atoms with E-state index in [4.69, 9.17) is 4.98 Å². The molecule has 1 aliphatic heterocycles. The van der Waals surface area contributed by atoms with Crippen LogP contribution in [-0.2, 0) is 0 Å². The fraction of sp³-hybridized carbons (Fsp3) is 0.435. The number of anilines is 1. The normalized spacial score (nSPS) is 17.3. The molecule has 2 heterocycles. The van der Waals surface area contributed by atoms with Crippen LogP contribution in [0.4, 0.5) is 5.82 Å². The highest BCUT2D eigenvalue weighted by Gasteiger charge is 2.44. The second kappa shape index (κ2) is 8.43. The van der Waals surface area contributed by atoms with Gasteiger partial charge in [0.15, 0.2) is 0 Å². The number of benzene rings is 1. The van der Waals surface area contributed by atoms with Crippen molar-refractivity contribution in [2.45, 2.75) is 38.1 Å². The van der Waals surface area contributed by atoms with Gasteiger partial charge in [0.1, 0.15) is 5.82 Å². The fourth-order valence-corrected chi connectivity index (χ4v) is 3.96. The zero-order valence-electron chi connectivity index (χ0n) is 17.5. The van der Waals surface area contributed by atoms with Gasteiger partial charge in [0.25, 0.3) is 0 Å². The number of hydrogen-bond acceptors (Lipinski definition) is 6. The van der Waals surface area contributed by atoms with Crippen molar-refractivity contribution in [3.8, 4) is 0 Å². The van der Waals surface area contributed by atoms with Gasteiger partial charge >= 0.3 is 0 Å². The van der Waals surface area contributed by atoms with Crippen molar-refractivity contribution >= 4 is 22.3 Å². The summed E-state index contributed by atoms with van der Waals surface area (Å²) in [5.41, 5.74) is 8.65. The molecule has 154 valence electrons. The zero-order chi connectivity index (χ0) is 20.3. The molecule has 29 heavy (non-hydrogen) atoms. The number of nitrogens with zero attached hydrogens (tertiary/aromatic N) is 3. The van der Waals surface area contributed by atoms with Gasteiger partial charge in [-0.05, 0) is 49.7 Å². The van der Waals surface area contributed by atoms with Crippen LogP contribution in [0.2, 0.25) is 0 Å². The first kappa shape index (κ1) is 19.7. The lowest BCUT2D eigenvalue weighted by Gasteiger charge is -2.28. The molecule has 1 fully saturated rings. The van der Waals surface area contributed by atoms with Crippen LogP contribution >= 0.6 is 0 Å². The maximum absolute atomic E-state index is 4.69. The van der Waals surface area contributed by atoms with E-state index in [2.05, 4.69) is 58.9 Å². The van der Waals surface area contributed by atoms with Crippen LogP contribution in [0.5, 0.6) is 0 Å². The molecular weight excluding hydrogens is 360 g/mol. The molecule has 2 aliphatic rings. The van der Waals surface area contributed by atoms with Crippen LogP contribution in [0, 0.1) is 0 Å². The van der Waals surface area contributed by atoms with Gasteiger partial charge < -0.3 is 15.6 Å². The minimum Gasteiger partial charge on any atom is -0.363 e. The van der Waals surface area contributed by atoms with Crippen LogP contribution in [0.3, 0.4) is 0 Å². The first-order chi connectivity index (χ1) is 14.1. The molecule has 3 N–H and O–H groups in total. The molecule has 2 aromatic rings. The van der Waals surface area contributed by atoms with Crippen molar-refractivity contribution in [2.24, 2.45) is 0 Å². The molecule has 1 aromatic heterocycles. The van der Waals surface area contributed by atoms with E-state index in [1.807, 2.05) is 30.5 Å². The third-order valence-corrected chi connectivity index (χ3v) is 5.68. The quantitative estimate of drug-likeness (QED) is 0.536. The Morgan fingerprint density at radius 2 is 2.14 bits per heavy atom. The van der Waals surface area contributed by atoms with Crippen molar-refractivity contribution in [1.82, 2.24) is 25.9 Å². The molecule has 0 bridgehead atoms. The van der Waals surface area contributed by atoms with E-state index in [9.17, 15) is 0 Å². The summed E-state index contributed by atoms with van der Waals surface area (Å²) < 4.78 is 0. The summed E-state index contributed by atoms with van der Waals surface area (Å²) in [5, 5.41) is 8.01. The predicted octanol–water partition coefficient (Wildman–Crippen LogP) is 3.72. The third-order valence-electron chi connectivity index (χ3n) is 5.68. The van der Waals surface area contributed by atoms with E-state index in [0.29, 0.717) is 0 Å². The van der Waals surface area contributed by atoms with Gasteiger partial charge in [0.2, 0.25) is 0 Å². The number of rotatable bonds is 10. The van der Waals surface area contributed by atoms with Crippen LogP contribution < -0.4 is 16.3 Å². The topological polar surface area (TPSA) is 55.5 Å². The molecular formula is C23H32N6. The Bertz CT molecular complexity index is 901. The van der Waals surface area contributed by atoms with Crippen molar-refractivity contribution < 1.29 is 0 Å². The second-order valence-electron chi connectivity index (χ2n) is 8.28. The van der Waals surface area contributed by atoms with Gasteiger partial charge in [-0.25, -0.2) is 4.98 Å². The van der Waals surface area contributed by atoms with Gasteiger partial charge in [-0.3, -0.25) is 5.01 Å². The molecule has 6 heteroatoms. The first-order valence-electron chi connectivity index (χ1n) is 10.6. The van der Waals surface area contributed by atoms with Crippen LogP contribution in [0.15, 0.2) is 49.3 Å². The molecule has 1 saturated carbocycles. The lowest BCUT2D eigenvalue weighted by molar-refractivity contribution is 0.261. The zero-order valence-corrected chi connectivity index (χ0v) is 17.5. The monoisotopic (exact) mass is 392 g/mol. The molecule has 6 nitrogen and oxygen atoms in total. The Labute approximate surface area is 173 Å². The number of aromatic nitrogens is 1. The van der Waals surface area contributed by atoms with Gasteiger partial charge in [0, 0.05) is 43.5 Å². The van der Waals surface area contributed by atoms with E-state index in [1.54, 1.807) is 0 Å². The van der Waals surface area contributed by atoms with Crippen molar-refractivity contribution in [2.75, 3.05) is 32.0 Å². The van der Waals surface area contributed by atoms with E-state index < -0.39 is 0 Å². The molecule has 0 atom stereocenters. The number of hydrazine groups is 2. The van der Waals surface area contributed by atoms with Gasteiger partial charge in [-0.15, -0.1) is 12.1 Å². The van der Waals surface area contributed by atoms with Gasteiger partial charge in [-0.1, -0.05) is 25.1 Å². The Kier molecular flexibility index (Phi) is 5.74. The Hall–Kier alpha value is -2.57. The standard InChI is InChI=1S/C23H32N6/c1-4-6-12-29(11-5-2)17-23(9-10-23)25-22-14-20-13-18(7-8-19(20)15-24-22)21-16-28(3)27-26-21/h4,7-8,13-16,26-27H,1,5-6,9-12,17H2,2-3H3,(H,24,25). The molecule has 0 saturated heterocycles. The Balaban J connectivity index is 1.50. The SMILES string of the molecule is C=CCCN(CCC)CC1(Nc2cc3cc(C4=CN(C)NN4)ccc3cn2)CC1. The van der Waals surface area contributed by atoms with E-state index >= 15 is 0 Å². The highest BCUT2D eigenvalue weighted by Crippen LogP contribution is 2.40. The minimum atomic E-state index is 0.163. The maximum atomic E-state index is 4.69. The summed E-state index contributed by atoms with van der Waals surface area (Å²) in [5.74, 6) is 0.968. The van der Waals surface area contributed by atoms with Crippen molar-refractivity contribution in [3.63, 3.8) is 0 Å². The summed E-state index contributed by atoms with van der Waals surface area (Å²) in [7, 11) is 1.97. The highest BCUT2D eigenvalue weighted by atomic mass is 15.7. The fourth-order valence-electron chi connectivity index (χ4n) is 3.96. The molecule has 0 unspecified atom stereocenters.